The van der Waals surface area contributed by atoms with E-state index in [9.17, 15) is 13.2 Å². The van der Waals surface area contributed by atoms with Gasteiger partial charge in [-0.3, -0.25) is 9.52 Å². The lowest BCUT2D eigenvalue weighted by atomic mass is 10.1. The van der Waals surface area contributed by atoms with Gasteiger partial charge in [-0.1, -0.05) is 23.7 Å². The van der Waals surface area contributed by atoms with Crippen molar-refractivity contribution in [3.05, 3.63) is 88.9 Å². The number of nitrogens with one attached hydrogen (secondary N) is 2. The highest BCUT2D eigenvalue weighted by atomic mass is 35.5. The molecular formula is C22H21ClN2O4S. The van der Waals surface area contributed by atoms with E-state index in [0.717, 1.165) is 5.56 Å². The van der Waals surface area contributed by atoms with Crippen molar-refractivity contribution < 1.29 is 17.9 Å². The lowest BCUT2D eigenvalue weighted by molar-refractivity contribution is 0.0940. The van der Waals surface area contributed by atoms with Gasteiger partial charge in [0.15, 0.2) is 0 Å². The number of anilines is 1. The van der Waals surface area contributed by atoms with E-state index in [1.807, 2.05) is 19.1 Å². The topological polar surface area (TPSA) is 84.5 Å². The van der Waals surface area contributed by atoms with E-state index in [0.29, 0.717) is 22.0 Å². The van der Waals surface area contributed by atoms with Crippen LogP contribution < -0.4 is 14.8 Å². The van der Waals surface area contributed by atoms with Gasteiger partial charge in [0.05, 0.1) is 18.0 Å². The van der Waals surface area contributed by atoms with Gasteiger partial charge in [0.2, 0.25) is 0 Å². The molecule has 2 N–H and O–H groups in total. The van der Waals surface area contributed by atoms with E-state index in [2.05, 4.69) is 10.0 Å². The van der Waals surface area contributed by atoms with Crippen LogP contribution in [0, 0.1) is 0 Å². The Bertz CT molecular complexity index is 1130. The molecular weight excluding hydrogens is 424 g/mol. The summed E-state index contributed by atoms with van der Waals surface area (Å²) >= 11 is 5.99. The number of carbonyl (C=O) groups excluding carboxylic acids is 1. The summed E-state index contributed by atoms with van der Waals surface area (Å²) in [5.41, 5.74) is 1.64. The molecule has 30 heavy (non-hydrogen) atoms. The van der Waals surface area contributed by atoms with Crippen LogP contribution in [-0.2, 0) is 10.0 Å². The summed E-state index contributed by atoms with van der Waals surface area (Å²) in [4.78, 5) is 12.6. The first-order chi connectivity index (χ1) is 14.3. The number of hydrogen-bond acceptors (Lipinski definition) is 4. The molecule has 0 fully saturated rings. The first-order valence-corrected chi connectivity index (χ1v) is 11.0. The molecule has 0 aliphatic heterocycles. The summed E-state index contributed by atoms with van der Waals surface area (Å²) in [6.07, 6.45) is 0. The van der Waals surface area contributed by atoms with Crippen LogP contribution in [0.2, 0.25) is 5.02 Å². The van der Waals surface area contributed by atoms with Crippen molar-refractivity contribution in [2.45, 2.75) is 17.9 Å². The predicted molar refractivity (Wildman–Crippen MR) is 118 cm³/mol. The molecule has 1 unspecified atom stereocenters. The second kappa shape index (κ2) is 9.19. The van der Waals surface area contributed by atoms with Gasteiger partial charge in [0, 0.05) is 16.3 Å². The van der Waals surface area contributed by atoms with Crippen molar-refractivity contribution in [3.8, 4) is 5.75 Å². The first-order valence-electron chi connectivity index (χ1n) is 9.12. The quantitative estimate of drug-likeness (QED) is 0.556. The number of rotatable bonds is 7. The fourth-order valence-corrected chi connectivity index (χ4v) is 4.06. The summed E-state index contributed by atoms with van der Waals surface area (Å²) in [6, 6.07) is 19.2. The highest BCUT2D eigenvalue weighted by Gasteiger charge is 2.16. The van der Waals surface area contributed by atoms with Crippen LogP contribution in [0.5, 0.6) is 5.75 Å². The van der Waals surface area contributed by atoms with Crippen molar-refractivity contribution in [3.63, 3.8) is 0 Å². The molecule has 0 heterocycles. The van der Waals surface area contributed by atoms with Gasteiger partial charge in [0.25, 0.3) is 15.9 Å². The van der Waals surface area contributed by atoms with Gasteiger partial charge in [-0.25, -0.2) is 8.42 Å². The highest BCUT2D eigenvalue weighted by molar-refractivity contribution is 7.92. The fraction of sp³-hybridized carbons (Fsp3) is 0.136. The summed E-state index contributed by atoms with van der Waals surface area (Å²) < 4.78 is 32.7. The third kappa shape index (κ3) is 5.31. The molecule has 0 aromatic heterocycles. The molecule has 0 aliphatic carbocycles. The summed E-state index contributed by atoms with van der Waals surface area (Å²) in [5, 5.41) is 3.46. The molecule has 0 radical (unpaired) electrons. The molecule has 6 nitrogen and oxygen atoms in total. The Morgan fingerprint density at radius 2 is 1.67 bits per heavy atom. The number of methoxy groups -OCH3 is 1. The number of halogens is 1. The second-order valence-corrected chi connectivity index (χ2v) is 8.73. The van der Waals surface area contributed by atoms with Crippen LogP contribution >= 0.6 is 11.6 Å². The van der Waals surface area contributed by atoms with Crippen LogP contribution in [0.3, 0.4) is 0 Å². The summed E-state index contributed by atoms with van der Waals surface area (Å²) in [6.45, 7) is 1.85. The van der Waals surface area contributed by atoms with Crippen molar-refractivity contribution in [1.82, 2.24) is 5.32 Å². The summed E-state index contributed by atoms with van der Waals surface area (Å²) in [7, 11) is -2.25. The minimum atomic E-state index is -3.78. The molecule has 156 valence electrons. The second-order valence-electron chi connectivity index (χ2n) is 6.61. The molecule has 0 bridgehead atoms. The van der Waals surface area contributed by atoms with Crippen molar-refractivity contribution >= 4 is 33.2 Å². The number of hydrogen-bond donors (Lipinski definition) is 2. The van der Waals surface area contributed by atoms with Crippen molar-refractivity contribution in [2.24, 2.45) is 0 Å². The smallest absolute Gasteiger partial charge is 0.261 e. The Morgan fingerprint density at radius 1 is 1.00 bits per heavy atom. The van der Waals surface area contributed by atoms with Gasteiger partial charge < -0.3 is 10.1 Å². The minimum Gasteiger partial charge on any atom is -0.497 e. The monoisotopic (exact) mass is 444 g/mol. The van der Waals surface area contributed by atoms with Gasteiger partial charge in [-0.05, 0) is 73.2 Å². The molecule has 0 saturated carbocycles. The standard InChI is InChI=1S/C22H21ClN2O4S/c1-15(17-4-3-5-18(23)14-17)24-22(26)16-6-12-21(13-7-16)30(27,28)25-19-8-10-20(29-2)11-9-19/h3-15,25H,1-2H3,(H,24,26). The Labute approximate surface area is 180 Å². The third-order valence-electron chi connectivity index (χ3n) is 4.47. The van der Waals surface area contributed by atoms with E-state index in [4.69, 9.17) is 16.3 Å². The Morgan fingerprint density at radius 3 is 2.27 bits per heavy atom. The number of ether oxygens (including phenoxy) is 1. The normalized spacial score (nSPS) is 12.1. The molecule has 8 heteroatoms. The van der Waals surface area contributed by atoms with E-state index in [1.54, 1.807) is 36.4 Å². The van der Waals surface area contributed by atoms with Gasteiger partial charge >= 0.3 is 0 Å². The predicted octanol–water partition coefficient (Wildman–Crippen LogP) is 4.64. The maximum Gasteiger partial charge on any atom is 0.261 e. The van der Waals surface area contributed by atoms with E-state index in [1.165, 1.54) is 31.4 Å². The average molecular weight is 445 g/mol. The molecule has 1 amide bonds. The lowest BCUT2D eigenvalue weighted by Gasteiger charge is -2.15. The average Bonchev–Trinajstić information content (AvgIpc) is 2.74. The zero-order valence-corrected chi connectivity index (χ0v) is 18.0. The molecule has 1 atom stereocenters. The lowest BCUT2D eigenvalue weighted by Crippen LogP contribution is -2.26. The van der Waals surface area contributed by atoms with Crippen LogP contribution in [0.1, 0.15) is 28.9 Å². The fourth-order valence-electron chi connectivity index (χ4n) is 2.80. The Hall–Kier alpha value is -3.03. The van der Waals surface area contributed by atoms with Crippen LogP contribution in [0.15, 0.2) is 77.7 Å². The number of carbonyl (C=O) groups is 1. The first kappa shape index (κ1) is 21.7. The van der Waals surface area contributed by atoms with Crippen molar-refractivity contribution in [2.75, 3.05) is 11.8 Å². The van der Waals surface area contributed by atoms with Crippen molar-refractivity contribution in [1.29, 1.82) is 0 Å². The van der Waals surface area contributed by atoms with E-state index >= 15 is 0 Å². The van der Waals surface area contributed by atoms with Crippen LogP contribution in [0.25, 0.3) is 0 Å². The molecule has 0 aliphatic rings. The molecule has 3 rings (SSSR count). The number of benzene rings is 3. The molecule has 0 spiro atoms. The van der Waals surface area contributed by atoms with E-state index in [-0.39, 0.29) is 16.8 Å². The zero-order valence-electron chi connectivity index (χ0n) is 16.4. The summed E-state index contributed by atoms with van der Waals surface area (Å²) in [5.74, 6) is 0.315. The van der Waals surface area contributed by atoms with E-state index < -0.39 is 10.0 Å². The van der Waals surface area contributed by atoms with Crippen LogP contribution in [-0.4, -0.2) is 21.4 Å². The number of sulfonamides is 1. The highest BCUT2D eigenvalue weighted by Crippen LogP contribution is 2.21. The van der Waals surface area contributed by atoms with Gasteiger partial charge in [-0.2, -0.15) is 0 Å². The molecule has 0 saturated heterocycles. The number of amides is 1. The third-order valence-corrected chi connectivity index (χ3v) is 6.10. The SMILES string of the molecule is COc1ccc(NS(=O)(=O)c2ccc(C(=O)NC(C)c3cccc(Cl)c3)cc2)cc1. The van der Waals surface area contributed by atoms with Crippen LogP contribution in [0.4, 0.5) is 5.69 Å². The molecule has 3 aromatic rings. The maximum absolute atomic E-state index is 12.6. The minimum absolute atomic E-state index is 0.0535. The van der Waals surface area contributed by atoms with Gasteiger partial charge in [0.1, 0.15) is 5.75 Å². The molecule has 3 aromatic carbocycles. The zero-order chi connectivity index (χ0) is 21.7. The largest absolute Gasteiger partial charge is 0.497 e. The van der Waals surface area contributed by atoms with Gasteiger partial charge in [-0.15, -0.1) is 0 Å². The Balaban J connectivity index is 1.69. The Kier molecular flexibility index (Phi) is 6.64. The maximum atomic E-state index is 12.6.